The number of carbonyl (C=O) groups is 3. The van der Waals surface area contributed by atoms with Gasteiger partial charge in [-0.2, -0.15) is 0 Å². The van der Waals surface area contributed by atoms with Crippen molar-refractivity contribution in [3.63, 3.8) is 0 Å². The maximum atomic E-state index is 14.2. The van der Waals surface area contributed by atoms with Crippen LogP contribution >= 0.6 is 7.52 Å². The van der Waals surface area contributed by atoms with Crippen LogP contribution < -0.4 is 15.3 Å². The molecule has 0 aliphatic carbocycles. The van der Waals surface area contributed by atoms with Crippen molar-refractivity contribution in [3.8, 4) is 11.4 Å². The number of rotatable bonds is 11. The first-order chi connectivity index (χ1) is 24.2. The molecule has 3 amide bonds. The summed E-state index contributed by atoms with van der Waals surface area (Å²) in [5.41, 5.74) is 2.29. The lowest BCUT2D eigenvalue weighted by Crippen LogP contribution is -2.57. The van der Waals surface area contributed by atoms with Crippen LogP contribution in [0, 0.1) is 0 Å². The molecule has 2 N–H and O–H groups in total. The highest BCUT2D eigenvalue weighted by Crippen LogP contribution is 2.52. The molecule has 14 nitrogen and oxygen atoms in total. The zero-order valence-corrected chi connectivity index (χ0v) is 29.3. The van der Waals surface area contributed by atoms with Gasteiger partial charge in [0, 0.05) is 69.3 Å². The average Bonchev–Trinajstić information content (AvgIpc) is 3.64. The minimum absolute atomic E-state index is 0.0356. The lowest BCUT2D eigenvalue weighted by atomic mass is 10.2. The molecule has 1 aromatic heterocycles. The molecule has 2 fully saturated rings. The quantitative estimate of drug-likeness (QED) is 0.216. The molecule has 0 bridgehead atoms. The van der Waals surface area contributed by atoms with Gasteiger partial charge in [-0.3, -0.25) is 14.2 Å². The van der Waals surface area contributed by atoms with Crippen molar-refractivity contribution in [2.24, 2.45) is 0 Å². The van der Waals surface area contributed by atoms with E-state index in [0.717, 1.165) is 30.4 Å². The highest BCUT2D eigenvalue weighted by Gasteiger charge is 2.39. The maximum absolute atomic E-state index is 14.2. The number of unbranched alkanes of at least 4 members (excludes halogenated alkanes) is 1. The third-order valence-corrected chi connectivity index (χ3v) is 11.1. The molecule has 2 aromatic carbocycles. The summed E-state index contributed by atoms with van der Waals surface area (Å²) in [5, 5.41) is 5.86. The monoisotopic (exact) mass is 705 g/mol. The van der Waals surface area contributed by atoms with E-state index >= 15 is 0 Å². The summed E-state index contributed by atoms with van der Waals surface area (Å²) in [6.45, 7) is 4.74. The van der Waals surface area contributed by atoms with Gasteiger partial charge >= 0.3 is 6.09 Å². The van der Waals surface area contributed by atoms with Crippen LogP contribution in [0.5, 0.6) is 0 Å². The van der Waals surface area contributed by atoms with E-state index < -0.39 is 31.5 Å². The number of hydrogen-bond acceptors (Lipinski definition) is 10. The smallest absolute Gasteiger partial charge is 0.409 e. The van der Waals surface area contributed by atoms with Crippen molar-refractivity contribution in [2.45, 2.75) is 44.9 Å². The summed E-state index contributed by atoms with van der Waals surface area (Å²) in [6, 6.07) is 17.1. The Morgan fingerprint density at radius 3 is 2.50 bits per heavy atom. The minimum atomic E-state index is -3.64. The summed E-state index contributed by atoms with van der Waals surface area (Å²) in [7, 11) is -1.97. The molecule has 50 heavy (non-hydrogen) atoms. The van der Waals surface area contributed by atoms with Gasteiger partial charge in [0.15, 0.2) is 5.82 Å². The Kier molecular flexibility index (Phi) is 11.3. The molecule has 15 heteroatoms. The second-order valence-corrected chi connectivity index (χ2v) is 14.8. The molecule has 1 unspecified atom stereocenters. The second kappa shape index (κ2) is 16.0. The Hall–Kier alpha value is -4.52. The number of amides is 3. The Labute approximate surface area is 292 Å². The number of carbonyl (C=O) groups excluding carboxylic acids is 3. The van der Waals surface area contributed by atoms with Gasteiger partial charge in [-0.05, 0) is 18.9 Å². The number of piperazine rings is 1. The normalized spacial score (nSPS) is 20.8. The van der Waals surface area contributed by atoms with Crippen molar-refractivity contribution >= 4 is 36.9 Å². The molecule has 3 aliphatic heterocycles. The predicted molar refractivity (Wildman–Crippen MR) is 188 cm³/mol. The van der Waals surface area contributed by atoms with E-state index in [9.17, 15) is 18.9 Å². The van der Waals surface area contributed by atoms with Crippen LogP contribution in [-0.4, -0.2) is 109 Å². The van der Waals surface area contributed by atoms with Gasteiger partial charge in [-0.25, -0.2) is 14.8 Å². The summed E-state index contributed by atoms with van der Waals surface area (Å²) in [5.74, 6) is -0.124. The Bertz CT molecular complexity index is 1720. The van der Waals surface area contributed by atoms with Gasteiger partial charge in [0.25, 0.3) is 13.4 Å². The van der Waals surface area contributed by atoms with Gasteiger partial charge in [0.1, 0.15) is 17.6 Å². The van der Waals surface area contributed by atoms with Crippen molar-refractivity contribution in [1.82, 2.24) is 25.1 Å². The molecule has 3 atom stereocenters. The number of para-hydroxylation sites is 1. The SMILES string of the molecule is CCCCOC(=O)N1CCN(C(=O)[C@H](CP2(=O)Nc3ccccc3CO2)NC(=O)c2cc(N3CC[C@H](OC)C3)nc(-c3ccccc3)n2)CC1. The standard InChI is InChI=1S/C35H44N7O7P/c1-3-4-20-48-35(45)41-18-16-40(17-19-41)34(44)30(24-50(46)39-28-13-9-8-12-26(28)23-49-50)37-33(43)29-21-31(42-15-14-27(22-42)47-2)38-32(36-29)25-10-6-5-7-11-25/h5-13,21,27,30H,3-4,14-20,22-24H2,1-2H3,(H,37,43)(H,39,46)/t27-,30-,50?/m0/s1. The fourth-order valence-corrected chi connectivity index (χ4v) is 8.11. The van der Waals surface area contributed by atoms with Gasteiger partial charge < -0.3 is 39.1 Å². The van der Waals surface area contributed by atoms with Crippen LogP contribution in [0.3, 0.4) is 0 Å². The Morgan fingerprint density at radius 1 is 1.02 bits per heavy atom. The number of nitrogens with zero attached hydrogens (tertiary/aromatic N) is 5. The molecule has 6 rings (SSSR count). The van der Waals surface area contributed by atoms with Crippen LogP contribution in [0.25, 0.3) is 11.4 Å². The van der Waals surface area contributed by atoms with Crippen molar-refractivity contribution in [1.29, 1.82) is 0 Å². The number of methoxy groups -OCH3 is 1. The van der Waals surface area contributed by atoms with E-state index in [4.69, 9.17) is 19.0 Å². The summed E-state index contributed by atoms with van der Waals surface area (Å²) < 4.78 is 30.9. The molecule has 4 heterocycles. The Balaban J connectivity index is 1.25. The van der Waals surface area contributed by atoms with E-state index in [2.05, 4.69) is 15.4 Å². The lowest BCUT2D eigenvalue weighted by Gasteiger charge is -2.37. The molecule has 2 saturated heterocycles. The number of nitrogens with one attached hydrogen (secondary N) is 2. The molecular formula is C35H44N7O7P. The average molecular weight is 706 g/mol. The molecular weight excluding hydrogens is 661 g/mol. The van der Waals surface area contributed by atoms with E-state index in [1.165, 1.54) is 0 Å². The van der Waals surface area contributed by atoms with Crippen LogP contribution in [0.4, 0.5) is 16.3 Å². The van der Waals surface area contributed by atoms with Crippen molar-refractivity contribution in [3.05, 3.63) is 71.9 Å². The lowest BCUT2D eigenvalue weighted by molar-refractivity contribution is -0.134. The van der Waals surface area contributed by atoms with Crippen LogP contribution in [0.2, 0.25) is 0 Å². The number of ether oxygens (including phenoxy) is 2. The number of benzene rings is 2. The summed E-state index contributed by atoms with van der Waals surface area (Å²) in [6.07, 6.45) is 1.83. The zero-order chi connectivity index (χ0) is 35.1. The maximum Gasteiger partial charge on any atom is 0.409 e. The molecule has 3 aliphatic rings. The van der Waals surface area contributed by atoms with E-state index in [-0.39, 0.29) is 50.7 Å². The molecule has 0 spiro atoms. The first-order valence-electron chi connectivity index (χ1n) is 17.1. The van der Waals surface area contributed by atoms with Gasteiger partial charge in [0.05, 0.1) is 25.5 Å². The number of aromatic nitrogens is 2. The van der Waals surface area contributed by atoms with Gasteiger partial charge in [0.2, 0.25) is 5.91 Å². The second-order valence-electron chi connectivity index (χ2n) is 12.6. The third kappa shape index (κ3) is 8.43. The molecule has 266 valence electrons. The summed E-state index contributed by atoms with van der Waals surface area (Å²) in [4.78, 5) is 55.4. The number of hydrogen-bond donors (Lipinski definition) is 2. The van der Waals surface area contributed by atoms with Crippen LogP contribution in [0.1, 0.15) is 42.2 Å². The van der Waals surface area contributed by atoms with Gasteiger partial charge in [-0.1, -0.05) is 61.9 Å². The third-order valence-electron chi connectivity index (χ3n) is 9.12. The number of anilines is 2. The predicted octanol–water partition coefficient (Wildman–Crippen LogP) is 4.38. The highest BCUT2D eigenvalue weighted by atomic mass is 31.2. The fraction of sp³-hybridized carbons (Fsp3) is 0.457. The minimum Gasteiger partial charge on any atom is -0.449 e. The van der Waals surface area contributed by atoms with E-state index in [0.29, 0.717) is 37.0 Å². The van der Waals surface area contributed by atoms with Crippen LogP contribution in [-0.2, 0) is 30.0 Å². The highest BCUT2D eigenvalue weighted by molar-refractivity contribution is 7.60. The zero-order valence-electron chi connectivity index (χ0n) is 28.5. The topological polar surface area (TPSA) is 156 Å². The first-order valence-corrected chi connectivity index (χ1v) is 18.9. The largest absolute Gasteiger partial charge is 0.449 e. The van der Waals surface area contributed by atoms with Crippen molar-refractivity contribution in [2.75, 3.05) is 69.1 Å². The van der Waals surface area contributed by atoms with Gasteiger partial charge in [-0.15, -0.1) is 0 Å². The summed E-state index contributed by atoms with van der Waals surface area (Å²) >= 11 is 0. The molecule has 0 radical (unpaired) electrons. The van der Waals surface area contributed by atoms with E-state index in [1.54, 1.807) is 29.0 Å². The van der Waals surface area contributed by atoms with Crippen molar-refractivity contribution < 1.29 is 32.9 Å². The Morgan fingerprint density at radius 2 is 1.76 bits per heavy atom. The molecule has 3 aromatic rings. The fourth-order valence-electron chi connectivity index (χ4n) is 6.18. The molecule has 0 saturated carbocycles. The van der Waals surface area contributed by atoms with E-state index in [1.807, 2.05) is 60.4 Å². The number of fused-ring (bicyclic) bond motifs is 1. The first kappa shape index (κ1) is 35.3. The van der Waals surface area contributed by atoms with Crippen LogP contribution in [0.15, 0.2) is 60.7 Å².